The van der Waals surface area contributed by atoms with Crippen LogP contribution in [0.3, 0.4) is 0 Å². The van der Waals surface area contributed by atoms with Crippen LogP contribution in [0.1, 0.15) is 46.5 Å². The van der Waals surface area contributed by atoms with Gasteiger partial charge in [0.25, 0.3) is 0 Å². The Morgan fingerprint density at radius 2 is 2.22 bits per heavy atom. The molecule has 102 valence electrons. The second-order valence-corrected chi connectivity index (χ2v) is 6.69. The molecule has 0 amide bonds. The molecule has 1 heterocycles. The molecule has 3 nitrogen and oxygen atoms in total. The minimum Gasteiger partial charge on any atom is -0.314 e. The molecule has 2 unspecified atom stereocenters. The average Bonchev–Trinajstić information content (AvgIpc) is 2.74. The van der Waals surface area contributed by atoms with Crippen LogP contribution in [-0.4, -0.2) is 22.4 Å². The molecule has 0 bridgehead atoms. The van der Waals surface area contributed by atoms with Crippen molar-refractivity contribution in [1.82, 2.24) is 15.1 Å². The Hall–Kier alpha value is -0.830. The molecule has 3 heteroatoms. The van der Waals surface area contributed by atoms with Crippen LogP contribution < -0.4 is 5.32 Å². The van der Waals surface area contributed by atoms with Crippen LogP contribution in [0.25, 0.3) is 0 Å². The van der Waals surface area contributed by atoms with E-state index in [9.17, 15) is 0 Å². The third kappa shape index (κ3) is 4.13. The lowest BCUT2D eigenvalue weighted by Gasteiger charge is -2.39. The first-order valence-corrected chi connectivity index (χ1v) is 7.26. The standard InChI is InChI=1S/C15H27N3/c1-13-10-14(12-15(2,3)11-13)16-6-4-8-18-9-5-7-17-18/h5,7,9,13-14,16H,4,6,8,10-12H2,1-3H3. The summed E-state index contributed by atoms with van der Waals surface area (Å²) in [5.41, 5.74) is 0.511. The molecular weight excluding hydrogens is 222 g/mol. The molecule has 0 aliphatic heterocycles. The number of hydrogen-bond acceptors (Lipinski definition) is 2. The molecule has 0 spiro atoms. The van der Waals surface area contributed by atoms with Crippen molar-refractivity contribution in [3.63, 3.8) is 0 Å². The highest BCUT2D eigenvalue weighted by molar-refractivity contribution is 4.86. The molecule has 2 rings (SSSR count). The Morgan fingerprint density at radius 1 is 1.39 bits per heavy atom. The van der Waals surface area contributed by atoms with Gasteiger partial charge < -0.3 is 5.32 Å². The first kappa shape index (κ1) is 13.6. The molecule has 2 atom stereocenters. The van der Waals surface area contributed by atoms with Crippen molar-refractivity contribution < 1.29 is 0 Å². The number of aryl methyl sites for hydroxylation is 1. The topological polar surface area (TPSA) is 29.9 Å². The predicted octanol–water partition coefficient (Wildman–Crippen LogP) is 3.08. The van der Waals surface area contributed by atoms with Crippen LogP contribution in [0.5, 0.6) is 0 Å². The van der Waals surface area contributed by atoms with Crippen LogP contribution in [0, 0.1) is 11.3 Å². The maximum atomic E-state index is 4.22. The Bertz CT molecular complexity index is 343. The summed E-state index contributed by atoms with van der Waals surface area (Å²) in [6.45, 7) is 9.32. The SMILES string of the molecule is CC1CC(NCCCn2cccn2)CC(C)(C)C1. The molecule has 1 saturated carbocycles. The number of aromatic nitrogens is 2. The summed E-state index contributed by atoms with van der Waals surface area (Å²) in [5.74, 6) is 0.859. The molecule has 1 fully saturated rings. The Morgan fingerprint density at radius 3 is 2.89 bits per heavy atom. The maximum absolute atomic E-state index is 4.22. The van der Waals surface area contributed by atoms with E-state index in [4.69, 9.17) is 0 Å². The van der Waals surface area contributed by atoms with Crippen molar-refractivity contribution in [2.75, 3.05) is 6.54 Å². The molecule has 1 aromatic rings. The first-order chi connectivity index (χ1) is 8.55. The van der Waals surface area contributed by atoms with Gasteiger partial charge in [-0.2, -0.15) is 5.10 Å². The van der Waals surface area contributed by atoms with Gasteiger partial charge in [-0.3, -0.25) is 4.68 Å². The Balaban J connectivity index is 1.67. The number of rotatable bonds is 5. The molecule has 18 heavy (non-hydrogen) atoms. The Kier molecular flexibility index (Phi) is 4.44. The summed E-state index contributed by atoms with van der Waals surface area (Å²) >= 11 is 0. The largest absolute Gasteiger partial charge is 0.314 e. The van der Waals surface area contributed by atoms with Gasteiger partial charge in [0.2, 0.25) is 0 Å². The zero-order chi connectivity index (χ0) is 13.0. The highest BCUT2D eigenvalue weighted by Crippen LogP contribution is 2.38. The molecule has 0 aromatic carbocycles. The van der Waals surface area contributed by atoms with E-state index in [0.717, 1.165) is 25.4 Å². The van der Waals surface area contributed by atoms with Gasteiger partial charge in [0.15, 0.2) is 0 Å². The van der Waals surface area contributed by atoms with Gasteiger partial charge in [-0.15, -0.1) is 0 Å². The van der Waals surface area contributed by atoms with Crippen LogP contribution in [-0.2, 0) is 6.54 Å². The molecule has 1 aromatic heterocycles. The molecular formula is C15H27N3. The van der Waals surface area contributed by atoms with Crippen molar-refractivity contribution in [3.8, 4) is 0 Å². The van der Waals surface area contributed by atoms with Crippen molar-refractivity contribution in [1.29, 1.82) is 0 Å². The second kappa shape index (κ2) is 5.87. The maximum Gasteiger partial charge on any atom is 0.0489 e. The highest BCUT2D eigenvalue weighted by atomic mass is 15.3. The lowest BCUT2D eigenvalue weighted by molar-refractivity contribution is 0.151. The van der Waals surface area contributed by atoms with Gasteiger partial charge in [-0.25, -0.2) is 0 Å². The smallest absolute Gasteiger partial charge is 0.0489 e. The van der Waals surface area contributed by atoms with Gasteiger partial charge in [0.05, 0.1) is 0 Å². The number of nitrogens with zero attached hydrogens (tertiary/aromatic N) is 2. The molecule has 0 radical (unpaired) electrons. The average molecular weight is 249 g/mol. The fraction of sp³-hybridized carbons (Fsp3) is 0.800. The van der Waals surface area contributed by atoms with Crippen molar-refractivity contribution in [2.45, 2.75) is 59.0 Å². The van der Waals surface area contributed by atoms with E-state index in [-0.39, 0.29) is 0 Å². The third-order valence-electron chi connectivity index (χ3n) is 3.94. The van der Waals surface area contributed by atoms with Crippen LogP contribution >= 0.6 is 0 Å². The first-order valence-electron chi connectivity index (χ1n) is 7.26. The Labute approximate surface area is 111 Å². The summed E-state index contributed by atoms with van der Waals surface area (Å²) in [7, 11) is 0. The molecule has 1 N–H and O–H groups in total. The number of nitrogens with one attached hydrogen (secondary N) is 1. The summed E-state index contributed by atoms with van der Waals surface area (Å²) in [6, 6.07) is 2.69. The lowest BCUT2D eigenvalue weighted by Crippen LogP contribution is -2.40. The van der Waals surface area contributed by atoms with Crippen LogP contribution in [0.15, 0.2) is 18.5 Å². The summed E-state index contributed by atoms with van der Waals surface area (Å²) in [5, 5.41) is 7.95. The van der Waals surface area contributed by atoms with Crippen molar-refractivity contribution in [3.05, 3.63) is 18.5 Å². The zero-order valence-corrected chi connectivity index (χ0v) is 12.0. The minimum atomic E-state index is 0.511. The quantitative estimate of drug-likeness (QED) is 0.813. The van der Waals surface area contributed by atoms with Crippen molar-refractivity contribution in [2.24, 2.45) is 11.3 Å². The summed E-state index contributed by atoms with van der Waals surface area (Å²) in [6.07, 6.45) is 9.07. The zero-order valence-electron chi connectivity index (χ0n) is 12.0. The van der Waals surface area contributed by atoms with Crippen LogP contribution in [0.2, 0.25) is 0 Å². The van der Waals surface area contributed by atoms with Gasteiger partial charge in [-0.1, -0.05) is 20.8 Å². The minimum absolute atomic E-state index is 0.511. The van der Waals surface area contributed by atoms with E-state index in [0.29, 0.717) is 11.5 Å². The van der Waals surface area contributed by atoms with Crippen LogP contribution in [0.4, 0.5) is 0 Å². The van der Waals surface area contributed by atoms with E-state index in [1.54, 1.807) is 0 Å². The van der Waals surface area contributed by atoms with Crippen molar-refractivity contribution >= 4 is 0 Å². The highest BCUT2D eigenvalue weighted by Gasteiger charge is 2.31. The lowest BCUT2D eigenvalue weighted by atomic mass is 9.70. The molecule has 1 aliphatic carbocycles. The number of hydrogen-bond donors (Lipinski definition) is 1. The van der Waals surface area contributed by atoms with E-state index in [1.165, 1.54) is 19.3 Å². The predicted molar refractivity (Wildman–Crippen MR) is 75.4 cm³/mol. The van der Waals surface area contributed by atoms with E-state index in [2.05, 4.69) is 31.2 Å². The summed E-state index contributed by atoms with van der Waals surface area (Å²) in [4.78, 5) is 0. The fourth-order valence-electron chi connectivity index (χ4n) is 3.48. The monoisotopic (exact) mass is 249 g/mol. The third-order valence-corrected chi connectivity index (χ3v) is 3.94. The summed E-state index contributed by atoms with van der Waals surface area (Å²) < 4.78 is 2.01. The normalized spacial score (nSPS) is 27.3. The van der Waals surface area contributed by atoms with E-state index >= 15 is 0 Å². The van der Waals surface area contributed by atoms with Gasteiger partial charge >= 0.3 is 0 Å². The van der Waals surface area contributed by atoms with Gasteiger partial charge in [0, 0.05) is 25.0 Å². The van der Waals surface area contributed by atoms with E-state index in [1.807, 2.05) is 23.1 Å². The van der Waals surface area contributed by atoms with E-state index < -0.39 is 0 Å². The fourth-order valence-corrected chi connectivity index (χ4v) is 3.48. The van der Waals surface area contributed by atoms with Gasteiger partial charge in [-0.05, 0) is 49.6 Å². The molecule has 1 aliphatic rings. The second-order valence-electron chi connectivity index (χ2n) is 6.69. The van der Waals surface area contributed by atoms with Gasteiger partial charge in [0.1, 0.15) is 0 Å². The molecule has 0 saturated heterocycles.